The molecule has 3 unspecified atom stereocenters. The van der Waals surface area contributed by atoms with Crippen LogP contribution in [0.3, 0.4) is 0 Å². The summed E-state index contributed by atoms with van der Waals surface area (Å²) >= 11 is 0. The third kappa shape index (κ3) is 6.52. The summed E-state index contributed by atoms with van der Waals surface area (Å²) in [5.74, 6) is 0.292. The maximum Gasteiger partial charge on any atom is 0.323 e. The lowest BCUT2D eigenvalue weighted by Gasteiger charge is -2.29. The minimum atomic E-state index is -0.743. The van der Waals surface area contributed by atoms with Crippen LogP contribution in [0, 0.1) is 0 Å². The molecule has 8 nitrogen and oxygen atoms in total. The molecule has 3 atom stereocenters. The number of nitrogens with zero attached hydrogens (tertiary/aromatic N) is 2. The molecule has 4 aromatic rings. The number of rotatable bonds is 9. The smallest absolute Gasteiger partial charge is 0.323 e. The summed E-state index contributed by atoms with van der Waals surface area (Å²) in [7, 11) is 0. The van der Waals surface area contributed by atoms with Crippen molar-refractivity contribution in [1.29, 1.82) is 0 Å². The monoisotopic (exact) mass is 511 g/mol. The SMILES string of the molecule is CC(OC(=O)C(N)Cc1ccc(-c2cnc(NCc3ccc4ccccc4c3)cn2)cc1)C1CNCCO1. The Morgan fingerprint density at radius 3 is 2.61 bits per heavy atom. The van der Waals surface area contributed by atoms with Crippen LogP contribution in [0.15, 0.2) is 79.1 Å². The summed E-state index contributed by atoms with van der Waals surface area (Å²) < 4.78 is 11.2. The molecule has 5 rings (SSSR count). The van der Waals surface area contributed by atoms with Gasteiger partial charge >= 0.3 is 5.97 Å². The van der Waals surface area contributed by atoms with Gasteiger partial charge in [-0.05, 0) is 41.3 Å². The second kappa shape index (κ2) is 12.1. The predicted molar refractivity (Wildman–Crippen MR) is 149 cm³/mol. The molecule has 1 fully saturated rings. The fraction of sp³-hybridized carbons (Fsp3) is 0.300. The summed E-state index contributed by atoms with van der Waals surface area (Å²) in [5.41, 5.74) is 9.97. The second-order valence-corrected chi connectivity index (χ2v) is 9.58. The number of carbonyl (C=O) groups is 1. The fourth-order valence-electron chi connectivity index (χ4n) is 4.49. The minimum absolute atomic E-state index is 0.152. The van der Waals surface area contributed by atoms with E-state index in [1.165, 1.54) is 16.3 Å². The van der Waals surface area contributed by atoms with Crippen LogP contribution in [0.25, 0.3) is 22.0 Å². The van der Waals surface area contributed by atoms with Crippen molar-refractivity contribution in [1.82, 2.24) is 15.3 Å². The van der Waals surface area contributed by atoms with Crippen molar-refractivity contribution < 1.29 is 14.3 Å². The molecule has 0 radical (unpaired) electrons. The van der Waals surface area contributed by atoms with Gasteiger partial charge in [0.25, 0.3) is 0 Å². The highest BCUT2D eigenvalue weighted by molar-refractivity contribution is 5.83. The summed E-state index contributed by atoms with van der Waals surface area (Å²) in [4.78, 5) is 21.6. The molecule has 1 aliphatic rings. The van der Waals surface area contributed by atoms with Gasteiger partial charge in [0.05, 0.1) is 24.7 Å². The summed E-state index contributed by atoms with van der Waals surface area (Å²) in [6, 6.07) is 21.8. The largest absolute Gasteiger partial charge is 0.459 e. The van der Waals surface area contributed by atoms with Crippen molar-refractivity contribution in [3.8, 4) is 11.3 Å². The van der Waals surface area contributed by atoms with E-state index in [4.69, 9.17) is 15.2 Å². The standard InChI is InChI=1S/C30H33N5O3/c1-20(28-18-32-12-13-37-28)38-30(36)26(31)15-21-6-10-24(11-7-21)27-17-35-29(19-33-27)34-16-22-8-9-23-4-2-3-5-25(23)14-22/h2-11,14,17,19-20,26,28,32H,12-13,15-16,18,31H2,1H3,(H,34,35). The molecule has 1 aliphatic heterocycles. The second-order valence-electron chi connectivity index (χ2n) is 9.58. The van der Waals surface area contributed by atoms with E-state index in [9.17, 15) is 4.79 Å². The Hall–Kier alpha value is -3.85. The third-order valence-electron chi connectivity index (χ3n) is 6.73. The molecular weight excluding hydrogens is 478 g/mol. The number of carbonyl (C=O) groups excluding carboxylic acids is 1. The first-order chi connectivity index (χ1) is 18.5. The van der Waals surface area contributed by atoms with Gasteiger partial charge in [-0.3, -0.25) is 9.78 Å². The zero-order valence-corrected chi connectivity index (χ0v) is 21.5. The van der Waals surface area contributed by atoms with Crippen molar-refractivity contribution in [2.75, 3.05) is 25.0 Å². The first-order valence-corrected chi connectivity index (χ1v) is 13.0. The summed E-state index contributed by atoms with van der Waals surface area (Å²) in [6.07, 6.45) is 3.37. The normalized spacial score (nSPS) is 17.1. The van der Waals surface area contributed by atoms with Crippen LogP contribution >= 0.6 is 0 Å². The number of ether oxygens (including phenoxy) is 2. The van der Waals surface area contributed by atoms with E-state index < -0.39 is 12.0 Å². The van der Waals surface area contributed by atoms with Gasteiger partial charge in [0.2, 0.25) is 0 Å². The number of nitrogens with two attached hydrogens (primary N) is 1. The number of aromatic nitrogens is 2. The lowest BCUT2D eigenvalue weighted by molar-refractivity contribution is -0.158. The first kappa shape index (κ1) is 25.8. The van der Waals surface area contributed by atoms with Gasteiger partial charge in [0.15, 0.2) is 0 Å². The van der Waals surface area contributed by atoms with Crippen LogP contribution in [-0.4, -0.2) is 53.9 Å². The summed E-state index contributed by atoms with van der Waals surface area (Å²) in [5, 5.41) is 9.02. The zero-order valence-electron chi connectivity index (χ0n) is 21.5. The number of nitrogens with one attached hydrogen (secondary N) is 2. The molecule has 0 spiro atoms. The van der Waals surface area contributed by atoms with Gasteiger partial charge in [-0.1, -0.05) is 60.7 Å². The molecule has 0 amide bonds. The predicted octanol–water partition coefficient (Wildman–Crippen LogP) is 3.70. The topological polar surface area (TPSA) is 111 Å². The van der Waals surface area contributed by atoms with Crippen molar-refractivity contribution >= 4 is 22.6 Å². The molecule has 0 aliphatic carbocycles. The highest BCUT2D eigenvalue weighted by Crippen LogP contribution is 2.20. The van der Waals surface area contributed by atoms with Gasteiger partial charge < -0.3 is 25.8 Å². The van der Waals surface area contributed by atoms with Gasteiger partial charge in [0.1, 0.15) is 24.1 Å². The van der Waals surface area contributed by atoms with Gasteiger partial charge in [0, 0.05) is 25.2 Å². The fourth-order valence-corrected chi connectivity index (χ4v) is 4.49. The number of fused-ring (bicyclic) bond motifs is 1. The van der Waals surface area contributed by atoms with E-state index >= 15 is 0 Å². The number of hydrogen-bond donors (Lipinski definition) is 3. The van der Waals surface area contributed by atoms with E-state index in [0.29, 0.717) is 31.9 Å². The minimum Gasteiger partial charge on any atom is -0.459 e. The Bertz CT molecular complexity index is 1350. The molecule has 8 heteroatoms. The van der Waals surface area contributed by atoms with Crippen LogP contribution in [0.4, 0.5) is 5.82 Å². The number of anilines is 1. The molecule has 1 aromatic heterocycles. The number of morpholine rings is 1. The average Bonchev–Trinajstić information content (AvgIpc) is 2.97. The zero-order chi connectivity index (χ0) is 26.3. The van der Waals surface area contributed by atoms with Crippen molar-refractivity contribution in [3.05, 3.63) is 90.3 Å². The van der Waals surface area contributed by atoms with Crippen LogP contribution in [-0.2, 0) is 27.2 Å². The Morgan fingerprint density at radius 2 is 1.87 bits per heavy atom. The quantitative estimate of drug-likeness (QED) is 0.292. The van der Waals surface area contributed by atoms with Crippen LogP contribution < -0.4 is 16.4 Å². The van der Waals surface area contributed by atoms with Gasteiger partial charge in [-0.25, -0.2) is 4.98 Å². The van der Waals surface area contributed by atoms with Crippen molar-refractivity contribution in [2.45, 2.75) is 38.1 Å². The molecule has 196 valence electrons. The number of esters is 1. The number of benzene rings is 3. The van der Waals surface area contributed by atoms with Crippen LogP contribution in [0.1, 0.15) is 18.1 Å². The molecular formula is C30H33N5O3. The van der Waals surface area contributed by atoms with Crippen molar-refractivity contribution in [3.63, 3.8) is 0 Å². The maximum atomic E-state index is 12.5. The van der Waals surface area contributed by atoms with Crippen molar-refractivity contribution in [2.24, 2.45) is 5.73 Å². The lowest BCUT2D eigenvalue weighted by atomic mass is 10.0. The Balaban J connectivity index is 1.12. The molecule has 4 N–H and O–H groups in total. The van der Waals surface area contributed by atoms with Gasteiger partial charge in [-0.2, -0.15) is 0 Å². The molecule has 38 heavy (non-hydrogen) atoms. The Morgan fingerprint density at radius 1 is 1.08 bits per heavy atom. The molecule has 0 saturated carbocycles. The van der Waals surface area contributed by atoms with Crippen LogP contribution in [0.2, 0.25) is 0 Å². The molecule has 1 saturated heterocycles. The Kier molecular flexibility index (Phi) is 8.23. The average molecular weight is 512 g/mol. The highest BCUT2D eigenvalue weighted by atomic mass is 16.6. The molecule has 0 bridgehead atoms. The molecule has 3 aromatic carbocycles. The van der Waals surface area contributed by atoms with E-state index in [0.717, 1.165) is 23.4 Å². The van der Waals surface area contributed by atoms with E-state index in [2.05, 4.69) is 50.9 Å². The van der Waals surface area contributed by atoms with E-state index in [-0.39, 0.29) is 12.2 Å². The third-order valence-corrected chi connectivity index (χ3v) is 6.73. The van der Waals surface area contributed by atoms with Gasteiger partial charge in [-0.15, -0.1) is 0 Å². The maximum absolute atomic E-state index is 12.5. The summed E-state index contributed by atoms with van der Waals surface area (Å²) in [6.45, 7) is 4.59. The Labute approximate surface area is 222 Å². The van der Waals surface area contributed by atoms with E-state index in [1.807, 2.05) is 43.3 Å². The first-order valence-electron chi connectivity index (χ1n) is 13.0. The van der Waals surface area contributed by atoms with Crippen LogP contribution in [0.5, 0.6) is 0 Å². The number of hydrogen-bond acceptors (Lipinski definition) is 8. The molecule has 2 heterocycles. The highest BCUT2D eigenvalue weighted by Gasteiger charge is 2.26. The lowest BCUT2D eigenvalue weighted by Crippen LogP contribution is -2.47. The van der Waals surface area contributed by atoms with E-state index in [1.54, 1.807) is 12.4 Å².